The first-order valence-electron chi connectivity index (χ1n) is 24.9. The van der Waals surface area contributed by atoms with E-state index in [0.29, 0.717) is 0 Å². The summed E-state index contributed by atoms with van der Waals surface area (Å²) in [5, 5.41) is 5.84. The summed E-state index contributed by atoms with van der Waals surface area (Å²) in [6, 6.07) is 53.5. The summed E-state index contributed by atoms with van der Waals surface area (Å²) in [6.07, 6.45) is 0. The molecule has 4 aliphatic carbocycles. The molecular weight excluding hydrogens is 804 g/mol. The van der Waals surface area contributed by atoms with Crippen LogP contribution in [0.25, 0.3) is 88.3 Å². The predicted octanol–water partition coefficient (Wildman–Crippen LogP) is 15.0. The topological polar surface area (TPSA) is 0 Å². The summed E-state index contributed by atoms with van der Waals surface area (Å²) in [6.45, 7) is 27.1. The Kier molecular flexibility index (Phi) is 6.71. The summed E-state index contributed by atoms with van der Waals surface area (Å²) in [4.78, 5) is 0. The molecule has 1 heteroatoms. The van der Waals surface area contributed by atoms with Crippen LogP contribution in [0.4, 0.5) is 0 Å². The number of benzene rings is 9. The SMILES string of the molecule is CC(C)(C)c1cc2c3c(c1)-c1cc4c(c5c6c(cc(c15)B3c1cc3c(c5c7c(cc-2c15)C(C)(C)c1ccccc1-7)-c1ccccc1C3(C)C)C(C)(C)c1ccccc1-6)-c1ccccc1C4(C)C. The summed E-state index contributed by atoms with van der Waals surface area (Å²) in [7, 11) is 0. The third kappa shape index (κ3) is 4.25. The Bertz CT molecular complexity index is 3610. The highest BCUT2D eigenvalue weighted by molar-refractivity contribution is 7.01. The van der Waals surface area contributed by atoms with Crippen molar-refractivity contribution in [1.82, 2.24) is 0 Å². The average molecular weight is 859 g/mol. The molecule has 0 aromatic heterocycles. The van der Waals surface area contributed by atoms with Crippen LogP contribution in [0.15, 0.2) is 133 Å². The summed E-state index contributed by atoms with van der Waals surface area (Å²) < 4.78 is 0. The van der Waals surface area contributed by atoms with Gasteiger partial charge in [0, 0.05) is 21.7 Å². The zero-order chi connectivity index (χ0) is 45.8. The van der Waals surface area contributed by atoms with E-state index >= 15 is 0 Å². The van der Waals surface area contributed by atoms with Crippen molar-refractivity contribution in [1.29, 1.82) is 0 Å². The van der Waals surface area contributed by atoms with Crippen LogP contribution in [0.3, 0.4) is 0 Å². The van der Waals surface area contributed by atoms with Crippen LogP contribution >= 0.6 is 0 Å². The lowest BCUT2D eigenvalue weighted by Gasteiger charge is -2.39. The van der Waals surface area contributed by atoms with E-state index in [4.69, 9.17) is 0 Å². The number of rotatable bonds is 0. The number of hydrogen-bond donors (Lipinski definition) is 0. The first-order chi connectivity index (χ1) is 31.9. The Labute approximate surface area is 396 Å². The van der Waals surface area contributed by atoms with Crippen LogP contribution in [-0.2, 0) is 27.1 Å². The molecule has 322 valence electrons. The van der Waals surface area contributed by atoms with Crippen molar-refractivity contribution in [3.8, 4) is 66.8 Å². The first-order valence-corrected chi connectivity index (χ1v) is 24.9. The van der Waals surface area contributed by atoms with Gasteiger partial charge < -0.3 is 0 Å². The molecule has 0 saturated carbocycles. The average Bonchev–Trinajstić information content (AvgIpc) is 3.88. The van der Waals surface area contributed by atoms with E-state index in [1.54, 1.807) is 0 Å². The fourth-order valence-corrected chi connectivity index (χ4v) is 15.2. The molecule has 0 nitrogen and oxygen atoms in total. The zero-order valence-corrected chi connectivity index (χ0v) is 40.8. The predicted molar refractivity (Wildman–Crippen MR) is 286 cm³/mol. The highest BCUT2D eigenvalue weighted by atomic mass is 14.5. The quantitative estimate of drug-likeness (QED) is 0.133. The smallest absolute Gasteiger partial charge is 0.0619 e. The van der Waals surface area contributed by atoms with Gasteiger partial charge in [-0.15, -0.1) is 0 Å². The minimum Gasteiger partial charge on any atom is -0.0619 e. The minimum atomic E-state index is -0.175. The van der Waals surface area contributed by atoms with Crippen LogP contribution in [0.2, 0.25) is 0 Å². The molecule has 2 heterocycles. The monoisotopic (exact) mass is 858 g/mol. The molecule has 6 aliphatic rings. The largest absolute Gasteiger partial charge is 0.244 e. The van der Waals surface area contributed by atoms with Crippen molar-refractivity contribution < 1.29 is 0 Å². The van der Waals surface area contributed by atoms with Gasteiger partial charge in [0.05, 0.1) is 0 Å². The molecule has 9 aromatic carbocycles. The van der Waals surface area contributed by atoms with Gasteiger partial charge in [-0.3, -0.25) is 0 Å². The Hall–Kier alpha value is -6.44. The number of fused-ring (bicyclic) bond motifs is 20. The van der Waals surface area contributed by atoms with E-state index in [-0.39, 0.29) is 33.8 Å². The number of hydrogen-bond acceptors (Lipinski definition) is 0. The van der Waals surface area contributed by atoms with Crippen molar-refractivity contribution in [2.45, 2.75) is 103 Å². The van der Waals surface area contributed by atoms with Gasteiger partial charge in [-0.1, -0.05) is 214 Å². The van der Waals surface area contributed by atoms with Crippen molar-refractivity contribution in [2.75, 3.05) is 0 Å². The van der Waals surface area contributed by atoms with Gasteiger partial charge in [-0.05, 0) is 156 Å². The molecule has 9 aromatic rings. The van der Waals surface area contributed by atoms with Gasteiger partial charge in [0.2, 0.25) is 6.71 Å². The molecule has 0 bridgehead atoms. The molecule has 15 rings (SSSR count). The van der Waals surface area contributed by atoms with Crippen LogP contribution in [0, 0.1) is 0 Å². The van der Waals surface area contributed by atoms with Gasteiger partial charge in [0.15, 0.2) is 0 Å². The van der Waals surface area contributed by atoms with Crippen molar-refractivity contribution in [3.63, 3.8) is 0 Å². The normalized spacial score (nSPS) is 17.6. The van der Waals surface area contributed by atoms with Gasteiger partial charge in [0.25, 0.3) is 0 Å². The molecule has 0 fully saturated rings. The molecule has 67 heavy (non-hydrogen) atoms. The van der Waals surface area contributed by atoms with Crippen LogP contribution in [0.1, 0.15) is 126 Å². The summed E-state index contributed by atoms with van der Waals surface area (Å²) in [5.41, 5.74) is 33.8. The molecule has 2 aliphatic heterocycles. The molecule has 0 spiro atoms. The molecular formula is C66H55B. The molecule has 0 amide bonds. The third-order valence-electron chi connectivity index (χ3n) is 18.6. The second-order valence-corrected chi connectivity index (χ2v) is 24.3. The Morgan fingerprint density at radius 3 is 0.925 bits per heavy atom. The van der Waals surface area contributed by atoms with Crippen molar-refractivity contribution >= 4 is 44.6 Å². The third-order valence-corrected chi connectivity index (χ3v) is 18.6. The van der Waals surface area contributed by atoms with Crippen LogP contribution in [0.5, 0.6) is 0 Å². The molecule has 0 saturated heterocycles. The lowest BCUT2D eigenvalue weighted by molar-refractivity contribution is 0.591. The van der Waals surface area contributed by atoms with E-state index in [1.165, 1.54) is 155 Å². The van der Waals surface area contributed by atoms with E-state index in [0.717, 1.165) is 0 Å². The maximum Gasteiger partial charge on any atom is 0.244 e. The van der Waals surface area contributed by atoms with E-state index in [9.17, 15) is 0 Å². The lowest BCUT2D eigenvalue weighted by atomic mass is 9.30. The fourth-order valence-electron chi connectivity index (χ4n) is 15.2. The molecule has 0 unspecified atom stereocenters. The first kappa shape index (κ1) is 38.6. The van der Waals surface area contributed by atoms with E-state index in [2.05, 4.69) is 210 Å². The summed E-state index contributed by atoms with van der Waals surface area (Å²) >= 11 is 0. The van der Waals surface area contributed by atoms with E-state index in [1.807, 2.05) is 0 Å². The maximum atomic E-state index is 2.73. The highest BCUT2D eigenvalue weighted by Gasteiger charge is 2.50. The zero-order valence-electron chi connectivity index (χ0n) is 40.8. The van der Waals surface area contributed by atoms with Crippen LogP contribution < -0.4 is 16.4 Å². The Balaban J connectivity index is 1.20. The standard InChI is InChI=1S/C66H55B/c1-62(2,3)34-28-41-39-30-47-53(35-20-12-16-24-43(35)63(47,4)5)59-55-37-22-14-18-26-45(37)65(8,9)49(55)32-51(57(39)59)67-52-33-50-56(38-23-15-19-27-46(38)66(50,10)11)60-54-36-21-13-17-25-44(36)64(6,7)48(54)31-40(58(52)60)42(29-34)61(41)67/h12-33H,1-11H3. The summed E-state index contributed by atoms with van der Waals surface area (Å²) in [5.74, 6) is 0. The molecule has 0 atom stereocenters. The Morgan fingerprint density at radius 2 is 0.612 bits per heavy atom. The van der Waals surface area contributed by atoms with Gasteiger partial charge in [0.1, 0.15) is 0 Å². The van der Waals surface area contributed by atoms with Gasteiger partial charge in [-0.2, -0.15) is 0 Å². The molecule has 0 N–H and O–H groups in total. The van der Waals surface area contributed by atoms with Gasteiger partial charge >= 0.3 is 0 Å². The van der Waals surface area contributed by atoms with Crippen molar-refractivity contribution in [2.24, 2.45) is 0 Å². The highest BCUT2D eigenvalue weighted by Crippen LogP contribution is 2.62. The second-order valence-electron chi connectivity index (χ2n) is 24.3. The lowest BCUT2D eigenvalue weighted by Crippen LogP contribution is -2.58. The minimum absolute atomic E-state index is 0.0454. The van der Waals surface area contributed by atoms with Gasteiger partial charge in [-0.25, -0.2) is 0 Å². The Morgan fingerprint density at radius 1 is 0.313 bits per heavy atom. The second kappa shape index (κ2) is 11.6. The molecule has 0 radical (unpaired) electrons. The fraction of sp³-hybridized carbons (Fsp3) is 0.242. The maximum absolute atomic E-state index is 2.73. The van der Waals surface area contributed by atoms with Crippen molar-refractivity contribution in [3.05, 3.63) is 184 Å². The van der Waals surface area contributed by atoms with E-state index < -0.39 is 0 Å². The van der Waals surface area contributed by atoms with Crippen LogP contribution in [-0.4, -0.2) is 6.71 Å².